The van der Waals surface area contributed by atoms with Gasteiger partial charge in [-0.3, -0.25) is 0 Å². The zero-order valence-corrected chi connectivity index (χ0v) is 30.6. The van der Waals surface area contributed by atoms with Crippen LogP contribution in [-0.2, 0) is 10.8 Å². The van der Waals surface area contributed by atoms with Crippen molar-refractivity contribution < 1.29 is 9.47 Å². The van der Waals surface area contributed by atoms with Crippen molar-refractivity contribution in [2.75, 3.05) is 13.2 Å². The van der Waals surface area contributed by atoms with Crippen LogP contribution in [0, 0.1) is 24.7 Å². The minimum Gasteiger partial charge on any atom is -0.492 e. The molecule has 0 N–H and O–H groups in total. The van der Waals surface area contributed by atoms with Gasteiger partial charge in [0.15, 0.2) is 0 Å². The van der Waals surface area contributed by atoms with Crippen LogP contribution in [0.15, 0.2) is 36.4 Å². The fourth-order valence-electron chi connectivity index (χ4n) is 5.87. The lowest BCUT2D eigenvalue weighted by Gasteiger charge is -2.20. The maximum atomic E-state index is 6.01. The molecule has 2 rings (SSSR count). The predicted molar refractivity (Wildman–Crippen MR) is 200 cm³/mol. The molecule has 46 heavy (non-hydrogen) atoms. The fraction of sp³-hybridized carbons (Fsp3) is 0.636. The average Bonchev–Trinajstić information content (AvgIpc) is 3.02. The Bertz CT molecular complexity index is 1100. The molecule has 2 aromatic rings. The highest BCUT2D eigenvalue weighted by molar-refractivity contribution is 5.49. The van der Waals surface area contributed by atoms with Crippen LogP contribution in [0.2, 0.25) is 0 Å². The first kappa shape index (κ1) is 39.3. The predicted octanol–water partition coefficient (Wildman–Crippen LogP) is 12.7. The van der Waals surface area contributed by atoms with Crippen LogP contribution in [0.4, 0.5) is 0 Å². The Morgan fingerprint density at radius 1 is 0.435 bits per heavy atom. The fourth-order valence-corrected chi connectivity index (χ4v) is 5.87. The summed E-state index contributed by atoms with van der Waals surface area (Å²) in [5.41, 5.74) is 4.44. The summed E-state index contributed by atoms with van der Waals surface area (Å²) in [5, 5.41) is 0. The Hall–Kier alpha value is -2.84. The molecular weight excluding hydrogens is 560 g/mol. The van der Waals surface area contributed by atoms with Crippen molar-refractivity contribution in [2.24, 2.45) is 0 Å². The van der Waals surface area contributed by atoms with E-state index in [0.717, 1.165) is 48.7 Å². The molecule has 0 aliphatic carbocycles. The van der Waals surface area contributed by atoms with Crippen LogP contribution in [0.1, 0.15) is 179 Å². The van der Waals surface area contributed by atoms with E-state index >= 15 is 0 Å². The third kappa shape index (κ3) is 16.1. The molecule has 0 aliphatic heterocycles. The van der Waals surface area contributed by atoms with E-state index < -0.39 is 0 Å². The van der Waals surface area contributed by atoms with Gasteiger partial charge in [-0.1, -0.05) is 168 Å². The van der Waals surface area contributed by atoms with Crippen LogP contribution in [0.5, 0.6) is 11.5 Å². The third-order valence-corrected chi connectivity index (χ3v) is 9.06. The van der Waals surface area contributed by atoms with Gasteiger partial charge in [0.1, 0.15) is 11.5 Å². The van der Waals surface area contributed by atoms with Gasteiger partial charge in [-0.15, -0.1) is 12.8 Å². The lowest BCUT2D eigenvalue weighted by molar-refractivity contribution is 0.303. The number of hydrogen-bond acceptors (Lipinski definition) is 2. The van der Waals surface area contributed by atoms with E-state index in [1.165, 1.54) is 114 Å². The van der Waals surface area contributed by atoms with E-state index in [9.17, 15) is 0 Å². The Kier molecular flexibility index (Phi) is 18.7. The van der Waals surface area contributed by atoms with E-state index in [1.807, 2.05) is 12.1 Å². The standard InChI is InChI=1S/C44H66O2/c1-9-37-35-39(43(3,4)5)29-31-41(37)45-33-27-25-23-21-19-17-15-13-11-12-14-16-18-20-22-24-26-28-34-46-42-32-30-40(44(6,7)8)36-38(42)10-2/h1-2,29-32,35-36H,11-28,33-34H2,3-8H3. The molecule has 0 fully saturated rings. The van der Waals surface area contributed by atoms with Gasteiger partial charge in [-0.05, 0) is 59.1 Å². The Morgan fingerprint density at radius 2 is 0.696 bits per heavy atom. The van der Waals surface area contributed by atoms with Crippen molar-refractivity contribution in [2.45, 2.75) is 168 Å². The Morgan fingerprint density at radius 3 is 0.935 bits per heavy atom. The molecule has 0 heterocycles. The molecule has 0 unspecified atom stereocenters. The van der Waals surface area contributed by atoms with Gasteiger partial charge >= 0.3 is 0 Å². The first-order valence-electron chi connectivity index (χ1n) is 18.5. The SMILES string of the molecule is C#Cc1cc(C(C)(C)C)ccc1OCCCCCCCCCCCCCCCCCCCCOc1ccc(C(C)(C)C)cc1C#C. The maximum Gasteiger partial charge on any atom is 0.134 e. The average molecular weight is 627 g/mol. The molecule has 2 nitrogen and oxygen atoms in total. The van der Waals surface area contributed by atoms with Gasteiger partial charge in [0.2, 0.25) is 0 Å². The highest BCUT2D eigenvalue weighted by Crippen LogP contribution is 2.29. The molecule has 0 atom stereocenters. The second kappa shape index (κ2) is 21.9. The van der Waals surface area contributed by atoms with Crippen LogP contribution in [-0.4, -0.2) is 13.2 Å². The Balaban J connectivity index is 1.33. The third-order valence-electron chi connectivity index (χ3n) is 9.06. The molecule has 2 aromatic carbocycles. The summed E-state index contributed by atoms with van der Waals surface area (Å²) in [5.74, 6) is 7.30. The topological polar surface area (TPSA) is 18.5 Å². The lowest BCUT2D eigenvalue weighted by atomic mass is 9.86. The van der Waals surface area contributed by atoms with Crippen LogP contribution < -0.4 is 9.47 Å². The number of terminal acetylenes is 2. The van der Waals surface area contributed by atoms with E-state index in [-0.39, 0.29) is 10.8 Å². The summed E-state index contributed by atoms with van der Waals surface area (Å²) in [6.07, 6.45) is 35.4. The van der Waals surface area contributed by atoms with Crippen LogP contribution >= 0.6 is 0 Å². The largest absolute Gasteiger partial charge is 0.492 e. The van der Waals surface area contributed by atoms with Crippen molar-refractivity contribution in [3.63, 3.8) is 0 Å². The van der Waals surface area contributed by atoms with E-state index in [0.29, 0.717) is 0 Å². The molecule has 0 radical (unpaired) electrons. The molecule has 0 spiro atoms. The molecule has 254 valence electrons. The second-order valence-corrected chi connectivity index (χ2v) is 15.3. The van der Waals surface area contributed by atoms with Crippen molar-refractivity contribution in [1.82, 2.24) is 0 Å². The zero-order chi connectivity index (χ0) is 33.7. The maximum absolute atomic E-state index is 6.01. The molecule has 0 aromatic heterocycles. The summed E-state index contributed by atoms with van der Waals surface area (Å²) < 4.78 is 12.0. The van der Waals surface area contributed by atoms with Gasteiger partial charge in [-0.2, -0.15) is 0 Å². The molecule has 0 aliphatic rings. The molecule has 0 amide bonds. The van der Waals surface area contributed by atoms with Crippen molar-refractivity contribution in [3.05, 3.63) is 58.7 Å². The lowest BCUT2D eigenvalue weighted by Crippen LogP contribution is -2.11. The summed E-state index contributed by atoms with van der Waals surface area (Å²) in [6, 6.07) is 12.6. The highest BCUT2D eigenvalue weighted by Gasteiger charge is 2.16. The Labute approximate surface area is 284 Å². The molecule has 0 bridgehead atoms. The molecule has 0 saturated carbocycles. The van der Waals surface area contributed by atoms with Crippen molar-refractivity contribution in [3.8, 4) is 36.2 Å². The quantitative estimate of drug-likeness (QED) is 0.0902. The monoisotopic (exact) mass is 627 g/mol. The van der Waals surface area contributed by atoms with Gasteiger partial charge < -0.3 is 9.47 Å². The van der Waals surface area contributed by atoms with Gasteiger partial charge in [-0.25, -0.2) is 0 Å². The number of benzene rings is 2. The normalized spacial score (nSPS) is 11.7. The molecule has 0 saturated heterocycles. The first-order valence-corrected chi connectivity index (χ1v) is 18.5. The van der Waals surface area contributed by atoms with Gasteiger partial charge in [0.25, 0.3) is 0 Å². The molecular formula is C44H66O2. The summed E-state index contributed by atoms with van der Waals surface area (Å²) >= 11 is 0. The molecule has 2 heteroatoms. The van der Waals surface area contributed by atoms with Crippen molar-refractivity contribution in [1.29, 1.82) is 0 Å². The smallest absolute Gasteiger partial charge is 0.134 e. The van der Waals surface area contributed by atoms with Gasteiger partial charge in [0, 0.05) is 0 Å². The number of rotatable bonds is 23. The second-order valence-electron chi connectivity index (χ2n) is 15.3. The summed E-state index contributed by atoms with van der Waals surface area (Å²) in [7, 11) is 0. The number of hydrogen-bond donors (Lipinski definition) is 0. The zero-order valence-electron chi connectivity index (χ0n) is 30.6. The van der Waals surface area contributed by atoms with Crippen LogP contribution in [0.3, 0.4) is 0 Å². The number of unbranched alkanes of at least 4 members (excludes halogenated alkanes) is 17. The summed E-state index contributed by atoms with van der Waals surface area (Å²) in [6.45, 7) is 14.7. The summed E-state index contributed by atoms with van der Waals surface area (Å²) in [4.78, 5) is 0. The van der Waals surface area contributed by atoms with E-state index in [2.05, 4.69) is 77.6 Å². The number of ether oxygens (including phenoxy) is 2. The van der Waals surface area contributed by atoms with E-state index in [1.54, 1.807) is 0 Å². The van der Waals surface area contributed by atoms with Crippen molar-refractivity contribution >= 4 is 0 Å². The highest BCUT2D eigenvalue weighted by atomic mass is 16.5. The minimum absolute atomic E-state index is 0.0958. The minimum atomic E-state index is 0.0958. The first-order chi connectivity index (χ1) is 22.1. The van der Waals surface area contributed by atoms with E-state index in [4.69, 9.17) is 22.3 Å². The van der Waals surface area contributed by atoms with Crippen LogP contribution in [0.25, 0.3) is 0 Å². The van der Waals surface area contributed by atoms with Gasteiger partial charge in [0.05, 0.1) is 24.3 Å².